The molecule has 2 N–H and O–H groups in total. The minimum Gasteiger partial charge on any atom is -0.391 e. The highest BCUT2D eigenvalue weighted by molar-refractivity contribution is 7.99. The van der Waals surface area contributed by atoms with Gasteiger partial charge in [-0.2, -0.15) is 0 Å². The third-order valence-corrected chi connectivity index (χ3v) is 4.46. The van der Waals surface area contributed by atoms with Gasteiger partial charge in [-0.05, 0) is 26.7 Å². The smallest absolute Gasteiger partial charge is 0.230 e. The Bertz CT molecular complexity index is 449. The molecule has 0 saturated heterocycles. The first-order valence-corrected chi connectivity index (χ1v) is 8.06. The SMILES string of the molecule is CC(C)n1cnnc1SCC(=O)N[C@H]1CCCC[C@@H]1O. The number of carbonyl (C=O) groups is 1. The van der Waals surface area contributed by atoms with Crippen molar-refractivity contribution in [3.8, 4) is 0 Å². The van der Waals surface area contributed by atoms with Gasteiger partial charge in [-0.1, -0.05) is 24.6 Å². The molecule has 1 aromatic rings. The zero-order valence-corrected chi connectivity index (χ0v) is 12.8. The Morgan fingerprint density at radius 3 is 3.00 bits per heavy atom. The molecule has 6 nitrogen and oxygen atoms in total. The molecule has 2 atom stereocenters. The molecule has 1 aliphatic carbocycles. The van der Waals surface area contributed by atoms with Gasteiger partial charge in [-0.3, -0.25) is 4.79 Å². The summed E-state index contributed by atoms with van der Waals surface area (Å²) in [6.07, 6.45) is 5.02. The van der Waals surface area contributed by atoms with Crippen molar-refractivity contribution in [2.45, 2.75) is 62.9 Å². The molecule has 2 rings (SSSR count). The van der Waals surface area contributed by atoms with Crippen LogP contribution in [-0.4, -0.2) is 43.7 Å². The van der Waals surface area contributed by atoms with E-state index < -0.39 is 6.10 Å². The molecule has 0 aromatic carbocycles. The molecule has 112 valence electrons. The highest BCUT2D eigenvalue weighted by atomic mass is 32.2. The maximum atomic E-state index is 11.9. The summed E-state index contributed by atoms with van der Waals surface area (Å²) >= 11 is 1.38. The molecule has 7 heteroatoms. The molecule has 1 saturated carbocycles. The summed E-state index contributed by atoms with van der Waals surface area (Å²) < 4.78 is 1.94. The first-order chi connectivity index (χ1) is 9.58. The second kappa shape index (κ2) is 7.08. The quantitative estimate of drug-likeness (QED) is 0.803. The largest absolute Gasteiger partial charge is 0.391 e. The number of aliphatic hydroxyl groups is 1. The molecule has 0 radical (unpaired) electrons. The standard InChI is InChI=1S/C13H22N4O2S/c1-9(2)17-8-14-16-13(17)20-7-12(19)15-10-5-3-4-6-11(10)18/h8-11,18H,3-7H2,1-2H3,(H,15,19)/t10-,11-/m0/s1. The third kappa shape index (κ3) is 3.96. The van der Waals surface area contributed by atoms with Crippen LogP contribution in [0.25, 0.3) is 0 Å². The Morgan fingerprint density at radius 1 is 1.55 bits per heavy atom. The van der Waals surface area contributed by atoms with Gasteiger partial charge in [-0.15, -0.1) is 10.2 Å². The first-order valence-electron chi connectivity index (χ1n) is 7.07. The maximum absolute atomic E-state index is 11.9. The van der Waals surface area contributed by atoms with Crippen LogP contribution in [0, 0.1) is 0 Å². The van der Waals surface area contributed by atoms with Gasteiger partial charge in [0.05, 0.1) is 17.9 Å². The van der Waals surface area contributed by atoms with Gasteiger partial charge >= 0.3 is 0 Å². The van der Waals surface area contributed by atoms with E-state index in [4.69, 9.17) is 0 Å². The van der Waals surface area contributed by atoms with Gasteiger partial charge in [0.2, 0.25) is 5.91 Å². The predicted molar refractivity (Wildman–Crippen MR) is 77.5 cm³/mol. The van der Waals surface area contributed by atoms with E-state index in [1.54, 1.807) is 6.33 Å². The predicted octanol–water partition coefficient (Wildman–Crippen LogP) is 1.37. The number of carbonyl (C=O) groups excluding carboxylic acids is 1. The van der Waals surface area contributed by atoms with Gasteiger partial charge in [0.1, 0.15) is 6.33 Å². The molecular formula is C13H22N4O2S. The topological polar surface area (TPSA) is 80.0 Å². The molecule has 1 fully saturated rings. The van der Waals surface area contributed by atoms with Crippen molar-refractivity contribution in [3.63, 3.8) is 0 Å². The minimum atomic E-state index is -0.406. The van der Waals surface area contributed by atoms with Crippen molar-refractivity contribution in [1.82, 2.24) is 20.1 Å². The normalized spacial score (nSPS) is 23.0. The molecule has 1 heterocycles. The summed E-state index contributed by atoms with van der Waals surface area (Å²) in [5.74, 6) is 0.244. The number of amides is 1. The van der Waals surface area contributed by atoms with Gasteiger partial charge in [-0.25, -0.2) is 0 Å². The summed E-state index contributed by atoms with van der Waals surface area (Å²) in [5, 5.41) is 21.4. The van der Waals surface area contributed by atoms with E-state index in [0.717, 1.165) is 30.8 Å². The Balaban J connectivity index is 1.81. The third-order valence-electron chi connectivity index (χ3n) is 3.50. The van der Waals surface area contributed by atoms with Gasteiger partial charge in [0.15, 0.2) is 5.16 Å². The van der Waals surface area contributed by atoms with Crippen LogP contribution >= 0.6 is 11.8 Å². The Labute approximate surface area is 123 Å². The number of rotatable bonds is 5. The molecule has 1 amide bonds. The fourth-order valence-corrected chi connectivity index (χ4v) is 3.20. The number of aliphatic hydroxyl groups excluding tert-OH is 1. The van der Waals surface area contributed by atoms with Crippen molar-refractivity contribution in [3.05, 3.63) is 6.33 Å². The highest BCUT2D eigenvalue weighted by Gasteiger charge is 2.24. The maximum Gasteiger partial charge on any atom is 0.230 e. The summed E-state index contributed by atoms with van der Waals surface area (Å²) in [6, 6.07) is 0.176. The zero-order chi connectivity index (χ0) is 14.5. The van der Waals surface area contributed by atoms with Crippen LogP contribution in [0.3, 0.4) is 0 Å². The Morgan fingerprint density at radius 2 is 2.30 bits per heavy atom. The van der Waals surface area contributed by atoms with Gasteiger partial charge < -0.3 is 15.0 Å². The van der Waals surface area contributed by atoms with E-state index in [1.165, 1.54) is 11.8 Å². The number of nitrogens with one attached hydrogen (secondary N) is 1. The van der Waals surface area contributed by atoms with Crippen LogP contribution in [0.1, 0.15) is 45.6 Å². The van der Waals surface area contributed by atoms with Crippen molar-refractivity contribution in [2.24, 2.45) is 0 Å². The van der Waals surface area contributed by atoms with Crippen LogP contribution in [0.4, 0.5) is 0 Å². The number of aromatic nitrogens is 3. The van der Waals surface area contributed by atoms with Crippen molar-refractivity contribution in [1.29, 1.82) is 0 Å². The summed E-state index contributed by atoms with van der Waals surface area (Å²) in [6.45, 7) is 4.09. The summed E-state index contributed by atoms with van der Waals surface area (Å²) in [7, 11) is 0. The lowest BCUT2D eigenvalue weighted by atomic mass is 9.93. The molecule has 0 spiro atoms. The lowest BCUT2D eigenvalue weighted by Gasteiger charge is -2.28. The van der Waals surface area contributed by atoms with Gasteiger partial charge in [0, 0.05) is 6.04 Å². The van der Waals surface area contributed by atoms with E-state index in [0.29, 0.717) is 5.75 Å². The van der Waals surface area contributed by atoms with E-state index in [1.807, 2.05) is 18.4 Å². The molecule has 20 heavy (non-hydrogen) atoms. The Kier molecular flexibility index (Phi) is 5.42. The molecule has 0 aliphatic heterocycles. The molecule has 0 unspecified atom stereocenters. The zero-order valence-electron chi connectivity index (χ0n) is 12.0. The van der Waals surface area contributed by atoms with Crippen LogP contribution in [0.5, 0.6) is 0 Å². The molecule has 0 bridgehead atoms. The van der Waals surface area contributed by atoms with E-state index in [2.05, 4.69) is 15.5 Å². The minimum absolute atomic E-state index is 0.0562. The number of thioether (sulfide) groups is 1. The average molecular weight is 298 g/mol. The molecular weight excluding hydrogens is 276 g/mol. The monoisotopic (exact) mass is 298 g/mol. The Hall–Kier alpha value is -1.08. The van der Waals surface area contributed by atoms with Crippen LogP contribution in [0.15, 0.2) is 11.5 Å². The van der Waals surface area contributed by atoms with Crippen molar-refractivity contribution in [2.75, 3.05) is 5.75 Å². The number of hydrogen-bond donors (Lipinski definition) is 2. The van der Waals surface area contributed by atoms with Crippen LogP contribution < -0.4 is 5.32 Å². The van der Waals surface area contributed by atoms with Crippen LogP contribution in [-0.2, 0) is 4.79 Å². The van der Waals surface area contributed by atoms with Crippen LogP contribution in [0.2, 0.25) is 0 Å². The van der Waals surface area contributed by atoms with Crippen molar-refractivity contribution >= 4 is 17.7 Å². The van der Waals surface area contributed by atoms with E-state index >= 15 is 0 Å². The molecule has 1 aromatic heterocycles. The van der Waals surface area contributed by atoms with E-state index in [-0.39, 0.29) is 18.0 Å². The molecule has 1 aliphatic rings. The fraction of sp³-hybridized carbons (Fsp3) is 0.769. The highest BCUT2D eigenvalue weighted by Crippen LogP contribution is 2.20. The fourth-order valence-electron chi connectivity index (χ4n) is 2.35. The lowest BCUT2D eigenvalue weighted by molar-refractivity contribution is -0.120. The first kappa shape index (κ1) is 15.3. The number of nitrogens with zero attached hydrogens (tertiary/aromatic N) is 3. The summed E-state index contributed by atoms with van der Waals surface area (Å²) in [5.41, 5.74) is 0. The average Bonchev–Trinajstić information content (AvgIpc) is 2.88. The van der Waals surface area contributed by atoms with Gasteiger partial charge in [0.25, 0.3) is 0 Å². The van der Waals surface area contributed by atoms with Crippen molar-refractivity contribution < 1.29 is 9.90 Å². The summed E-state index contributed by atoms with van der Waals surface area (Å²) in [4.78, 5) is 11.9. The lowest BCUT2D eigenvalue weighted by Crippen LogP contribution is -2.45. The van der Waals surface area contributed by atoms with E-state index in [9.17, 15) is 9.90 Å². The second-order valence-electron chi connectivity index (χ2n) is 5.43. The number of hydrogen-bond acceptors (Lipinski definition) is 5. The second-order valence-corrected chi connectivity index (χ2v) is 6.37.